The Morgan fingerprint density at radius 1 is 1.27 bits per heavy atom. The lowest BCUT2D eigenvalue weighted by molar-refractivity contribution is -0.154. The number of aryl methyl sites for hydroxylation is 1. The van der Waals surface area contributed by atoms with Crippen molar-refractivity contribution in [3.63, 3.8) is 0 Å². The van der Waals surface area contributed by atoms with Crippen LogP contribution in [0.25, 0.3) is 22.5 Å². The highest BCUT2D eigenvalue weighted by Gasteiger charge is 2.41. The van der Waals surface area contributed by atoms with Gasteiger partial charge in [-0.1, -0.05) is 11.2 Å². The van der Waals surface area contributed by atoms with E-state index in [1.54, 1.807) is 6.92 Å². The summed E-state index contributed by atoms with van der Waals surface area (Å²) in [6.07, 6.45) is -4.90. The lowest BCUT2D eigenvalue weighted by atomic mass is 10.0. The summed E-state index contributed by atoms with van der Waals surface area (Å²) < 4.78 is 80.9. The van der Waals surface area contributed by atoms with E-state index >= 15 is 0 Å². The molecule has 0 spiro atoms. The number of aromatic nitrogens is 2. The summed E-state index contributed by atoms with van der Waals surface area (Å²) in [4.78, 5) is 3.22. The van der Waals surface area contributed by atoms with Crippen molar-refractivity contribution in [2.24, 2.45) is 5.14 Å². The summed E-state index contributed by atoms with van der Waals surface area (Å²) in [5.41, 5.74) is -0.922. The second-order valence-electron chi connectivity index (χ2n) is 5.18. The fraction of sp³-hybridized carbons (Fsp3) is 0.143. The quantitative estimate of drug-likeness (QED) is 0.669. The number of thiazole rings is 1. The number of primary sulfonamides is 1. The lowest BCUT2D eigenvalue weighted by Gasteiger charge is -2.08. The Labute approximate surface area is 148 Å². The summed E-state index contributed by atoms with van der Waals surface area (Å²) in [6, 6.07) is 2.40. The monoisotopic (exact) mass is 407 g/mol. The number of benzene rings is 1. The molecule has 1 aromatic carbocycles. The van der Waals surface area contributed by atoms with E-state index in [4.69, 9.17) is 5.14 Å². The Hall–Kier alpha value is -2.31. The summed E-state index contributed by atoms with van der Waals surface area (Å²) in [5, 5.41) is 10.3. The summed E-state index contributed by atoms with van der Waals surface area (Å²) in [7, 11) is -4.36. The average molecular weight is 407 g/mol. The SMILES string of the molecule is Cc1nc(-c2noc(C(F)(F)F)c2-c2ccc(S(N)(=O)=O)c(F)c2)cs1. The molecular weight excluding hydrogens is 398 g/mol. The molecule has 2 heterocycles. The molecule has 0 aliphatic rings. The molecule has 0 radical (unpaired) electrons. The van der Waals surface area contributed by atoms with E-state index in [-0.39, 0.29) is 17.0 Å². The van der Waals surface area contributed by atoms with E-state index in [1.165, 1.54) is 16.7 Å². The topological polar surface area (TPSA) is 99.1 Å². The molecule has 0 aliphatic carbocycles. The zero-order valence-electron chi connectivity index (χ0n) is 12.8. The van der Waals surface area contributed by atoms with E-state index in [2.05, 4.69) is 14.7 Å². The van der Waals surface area contributed by atoms with Gasteiger partial charge in [0, 0.05) is 5.38 Å². The molecule has 0 bridgehead atoms. The molecule has 12 heteroatoms. The van der Waals surface area contributed by atoms with Gasteiger partial charge in [-0.15, -0.1) is 11.3 Å². The number of nitrogens with two attached hydrogens (primary N) is 1. The van der Waals surface area contributed by atoms with Crippen LogP contribution < -0.4 is 5.14 Å². The van der Waals surface area contributed by atoms with Gasteiger partial charge in [0.15, 0.2) is 0 Å². The van der Waals surface area contributed by atoms with Gasteiger partial charge in [-0.25, -0.2) is 22.9 Å². The Balaban J connectivity index is 2.26. The Bertz CT molecular complexity index is 1090. The van der Waals surface area contributed by atoms with Gasteiger partial charge in [0.05, 0.1) is 10.6 Å². The predicted molar refractivity (Wildman–Crippen MR) is 84.1 cm³/mol. The van der Waals surface area contributed by atoms with Crippen molar-refractivity contribution in [1.29, 1.82) is 0 Å². The first kappa shape index (κ1) is 18.5. The van der Waals surface area contributed by atoms with Crippen molar-refractivity contribution in [2.75, 3.05) is 0 Å². The van der Waals surface area contributed by atoms with Crippen molar-refractivity contribution >= 4 is 21.4 Å². The van der Waals surface area contributed by atoms with Crippen LogP contribution in [0.4, 0.5) is 17.6 Å². The Kier molecular flexibility index (Phi) is 4.37. The van der Waals surface area contributed by atoms with Gasteiger partial charge < -0.3 is 4.52 Å². The molecule has 3 aromatic rings. The van der Waals surface area contributed by atoms with Crippen LogP contribution in [0.2, 0.25) is 0 Å². The predicted octanol–water partition coefficient (Wildman–Crippen LogP) is 3.58. The smallest absolute Gasteiger partial charge is 0.350 e. The molecule has 0 aliphatic heterocycles. The van der Waals surface area contributed by atoms with Gasteiger partial charge >= 0.3 is 6.18 Å². The first-order chi connectivity index (χ1) is 12.0. The van der Waals surface area contributed by atoms with E-state index in [1.807, 2.05) is 0 Å². The Morgan fingerprint density at radius 3 is 2.46 bits per heavy atom. The maximum absolute atomic E-state index is 14.1. The molecule has 0 unspecified atom stereocenters. The molecule has 2 N–H and O–H groups in total. The van der Waals surface area contributed by atoms with Crippen LogP contribution in [0, 0.1) is 12.7 Å². The van der Waals surface area contributed by atoms with Gasteiger partial charge in [0.2, 0.25) is 15.8 Å². The molecule has 2 aromatic heterocycles. The Morgan fingerprint density at radius 2 is 1.96 bits per heavy atom. The third-order valence-electron chi connectivity index (χ3n) is 3.34. The van der Waals surface area contributed by atoms with Gasteiger partial charge in [0.25, 0.3) is 0 Å². The molecule has 0 amide bonds. The summed E-state index contributed by atoms with van der Waals surface area (Å²) in [5.74, 6) is -2.74. The van der Waals surface area contributed by atoms with Crippen LogP contribution >= 0.6 is 11.3 Å². The van der Waals surface area contributed by atoms with E-state index in [0.29, 0.717) is 11.1 Å². The van der Waals surface area contributed by atoms with Crippen molar-refractivity contribution in [1.82, 2.24) is 10.1 Å². The first-order valence-electron chi connectivity index (χ1n) is 6.80. The molecular formula is C14H9F4N3O3S2. The average Bonchev–Trinajstić information content (AvgIpc) is 3.10. The van der Waals surface area contributed by atoms with Crippen LogP contribution in [0.15, 0.2) is 33.0 Å². The number of alkyl halides is 3. The number of halogens is 4. The van der Waals surface area contributed by atoms with Crippen molar-refractivity contribution in [3.05, 3.63) is 40.2 Å². The molecule has 26 heavy (non-hydrogen) atoms. The zero-order chi connectivity index (χ0) is 19.3. The lowest BCUT2D eigenvalue weighted by Crippen LogP contribution is -2.14. The molecule has 0 saturated heterocycles. The summed E-state index contributed by atoms with van der Waals surface area (Å²) in [6.45, 7) is 1.65. The zero-order valence-corrected chi connectivity index (χ0v) is 14.5. The van der Waals surface area contributed by atoms with Crippen LogP contribution in [-0.2, 0) is 16.2 Å². The summed E-state index contributed by atoms with van der Waals surface area (Å²) >= 11 is 1.18. The van der Waals surface area contributed by atoms with Crippen LogP contribution in [0.5, 0.6) is 0 Å². The number of hydrogen-bond acceptors (Lipinski definition) is 6. The maximum Gasteiger partial charge on any atom is 0.453 e. The number of sulfonamides is 1. The molecule has 6 nitrogen and oxygen atoms in total. The molecule has 0 atom stereocenters. The second kappa shape index (κ2) is 6.14. The minimum atomic E-state index is -4.90. The van der Waals surface area contributed by atoms with E-state index in [9.17, 15) is 26.0 Å². The minimum absolute atomic E-state index is 0.123. The van der Waals surface area contributed by atoms with Gasteiger partial charge in [-0.2, -0.15) is 13.2 Å². The highest BCUT2D eigenvalue weighted by molar-refractivity contribution is 7.89. The third-order valence-corrected chi connectivity index (χ3v) is 5.06. The largest absolute Gasteiger partial charge is 0.453 e. The molecule has 0 fully saturated rings. The van der Waals surface area contributed by atoms with Gasteiger partial charge in [0.1, 0.15) is 22.1 Å². The number of hydrogen-bond donors (Lipinski definition) is 1. The number of nitrogens with zero attached hydrogens (tertiary/aromatic N) is 2. The molecule has 3 rings (SSSR count). The van der Waals surface area contributed by atoms with Crippen LogP contribution in [0.1, 0.15) is 10.8 Å². The van der Waals surface area contributed by atoms with Gasteiger partial charge in [-0.05, 0) is 24.6 Å². The second-order valence-corrected chi connectivity index (χ2v) is 7.77. The maximum atomic E-state index is 14.1. The fourth-order valence-corrected chi connectivity index (χ4v) is 3.47. The van der Waals surface area contributed by atoms with E-state index in [0.717, 1.165) is 12.1 Å². The first-order valence-corrected chi connectivity index (χ1v) is 9.23. The van der Waals surface area contributed by atoms with Crippen LogP contribution in [0.3, 0.4) is 0 Å². The fourth-order valence-electron chi connectivity index (χ4n) is 2.29. The molecule has 138 valence electrons. The number of rotatable bonds is 3. The highest BCUT2D eigenvalue weighted by atomic mass is 32.2. The van der Waals surface area contributed by atoms with Crippen molar-refractivity contribution < 1.29 is 30.5 Å². The van der Waals surface area contributed by atoms with Crippen LogP contribution in [-0.4, -0.2) is 18.6 Å². The molecule has 0 saturated carbocycles. The van der Waals surface area contributed by atoms with Crippen molar-refractivity contribution in [3.8, 4) is 22.5 Å². The highest BCUT2D eigenvalue weighted by Crippen LogP contribution is 2.43. The third kappa shape index (κ3) is 3.34. The minimum Gasteiger partial charge on any atom is -0.350 e. The van der Waals surface area contributed by atoms with E-state index < -0.39 is 38.2 Å². The normalized spacial score (nSPS) is 12.5. The van der Waals surface area contributed by atoms with Crippen molar-refractivity contribution in [2.45, 2.75) is 18.0 Å². The van der Waals surface area contributed by atoms with Gasteiger partial charge in [-0.3, -0.25) is 0 Å². The standard InChI is InChI=1S/C14H9F4N3O3S2/c1-6-20-9(5-25-6)12-11(13(24-21-12)14(16,17)18)7-2-3-10(8(15)4-7)26(19,22)23/h2-5H,1H3,(H2,19,22,23).